The van der Waals surface area contributed by atoms with Crippen molar-refractivity contribution >= 4 is 0 Å². The molecule has 0 aromatic carbocycles. The van der Waals surface area contributed by atoms with Gasteiger partial charge < -0.3 is 9.47 Å². The van der Waals surface area contributed by atoms with Gasteiger partial charge in [0.25, 0.3) is 0 Å². The summed E-state index contributed by atoms with van der Waals surface area (Å²) in [6.07, 6.45) is 3.76. The molecule has 0 radical (unpaired) electrons. The Hall–Kier alpha value is -1.07. The van der Waals surface area contributed by atoms with Gasteiger partial charge in [0.15, 0.2) is 5.75 Å². The molecule has 0 N–H and O–H groups in total. The second-order valence-corrected chi connectivity index (χ2v) is 4.05. The summed E-state index contributed by atoms with van der Waals surface area (Å²) in [5.41, 5.74) is 0. The highest BCUT2D eigenvalue weighted by molar-refractivity contribution is 5.11. The monoisotopic (exact) mass is 225 g/mol. The number of likely N-dealkylation sites (N-methyl/N-ethyl adjacent to an activating group) is 1. The lowest BCUT2D eigenvalue weighted by atomic mass is 10.3. The van der Waals surface area contributed by atoms with Crippen molar-refractivity contribution in [2.45, 2.75) is 13.0 Å². The highest BCUT2D eigenvalue weighted by atomic mass is 16.5. The molecule has 5 nitrogen and oxygen atoms in total. The van der Waals surface area contributed by atoms with Crippen LogP contribution in [0.2, 0.25) is 0 Å². The number of morpholine rings is 1. The zero-order valence-electron chi connectivity index (χ0n) is 9.93. The van der Waals surface area contributed by atoms with E-state index in [4.69, 9.17) is 9.47 Å². The first-order valence-corrected chi connectivity index (χ1v) is 5.73. The van der Waals surface area contributed by atoms with Gasteiger partial charge in [0.1, 0.15) is 12.7 Å². The maximum absolute atomic E-state index is 5.64. The highest BCUT2D eigenvalue weighted by Gasteiger charge is 2.19. The van der Waals surface area contributed by atoms with Crippen molar-refractivity contribution in [1.82, 2.24) is 14.7 Å². The van der Waals surface area contributed by atoms with Crippen LogP contribution in [-0.2, 0) is 11.8 Å². The van der Waals surface area contributed by atoms with Crippen LogP contribution in [0.25, 0.3) is 0 Å². The Balaban J connectivity index is 1.77. The van der Waals surface area contributed by atoms with E-state index in [0.29, 0.717) is 6.61 Å². The second kappa shape index (κ2) is 5.32. The largest absolute Gasteiger partial charge is 0.488 e. The number of aromatic nitrogens is 2. The lowest BCUT2D eigenvalue weighted by Gasteiger charge is -2.31. The first kappa shape index (κ1) is 11.4. The van der Waals surface area contributed by atoms with Gasteiger partial charge in [0.05, 0.1) is 19.0 Å². The Labute approximate surface area is 95.9 Å². The number of aryl methyl sites for hydroxylation is 1. The Morgan fingerprint density at radius 3 is 3.19 bits per heavy atom. The smallest absolute Gasteiger partial charge is 0.157 e. The summed E-state index contributed by atoms with van der Waals surface area (Å²) in [6, 6.07) is 0. The van der Waals surface area contributed by atoms with E-state index in [-0.39, 0.29) is 6.10 Å². The number of hydrogen-bond acceptors (Lipinski definition) is 4. The molecule has 1 atom stereocenters. The van der Waals surface area contributed by atoms with Crippen LogP contribution < -0.4 is 4.74 Å². The summed E-state index contributed by atoms with van der Waals surface area (Å²) in [6.45, 7) is 6.63. The molecule has 2 heterocycles. The number of rotatable bonds is 4. The summed E-state index contributed by atoms with van der Waals surface area (Å²) in [5.74, 6) is 0.805. The van der Waals surface area contributed by atoms with E-state index in [0.717, 1.165) is 32.0 Å². The van der Waals surface area contributed by atoms with Gasteiger partial charge in [-0.2, -0.15) is 5.10 Å². The van der Waals surface area contributed by atoms with Crippen molar-refractivity contribution < 1.29 is 9.47 Å². The molecule has 0 saturated carbocycles. The Morgan fingerprint density at radius 1 is 1.62 bits per heavy atom. The fourth-order valence-electron chi connectivity index (χ4n) is 1.83. The molecule has 0 amide bonds. The highest BCUT2D eigenvalue weighted by Crippen LogP contribution is 2.10. The summed E-state index contributed by atoms with van der Waals surface area (Å²) in [4.78, 5) is 2.38. The van der Waals surface area contributed by atoms with Crippen molar-refractivity contribution in [3.8, 4) is 5.75 Å². The fourth-order valence-corrected chi connectivity index (χ4v) is 1.83. The quantitative estimate of drug-likeness (QED) is 0.749. The first-order valence-electron chi connectivity index (χ1n) is 5.73. The second-order valence-electron chi connectivity index (χ2n) is 4.05. The molecule has 1 aromatic heterocycles. The summed E-state index contributed by atoms with van der Waals surface area (Å²) in [5, 5.41) is 4.05. The normalized spacial score (nSPS) is 22.2. The molecule has 1 aromatic rings. The SMILES string of the molecule is CCN1CCOC(COc2cnn(C)c2)C1. The van der Waals surface area contributed by atoms with Crippen molar-refractivity contribution in [2.24, 2.45) is 7.05 Å². The Bertz CT molecular complexity index is 327. The van der Waals surface area contributed by atoms with Gasteiger partial charge in [0, 0.05) is 20.1 Å². The topological polar surface area (TPSA) is 39.5 Å². The van der Waals surface area contributed by atoms with E-state index in [1.54, 1.807) is 10.9 Å². The van der Waals surface area contributed by atoms with Crippen molar-refractivity contribution in [3.05, 3.63) is 12.4 Å². The number of ether oxygens (including phenoxy) is 2. The van der Waals surface area contributed by atoms with E-state index in [1.807, 2.05) is 13.2 Å². The minimum Gasteiger partial charge on any atom is -0.488 e. The van der Waals surface area contributed by atoms with Gasteiger partial charge in [-0.3, -0.25) is 9.58 Å². The van der Waals surface area contributed by atoms with Gasteiger partial charge >= 0.3 is 0 Å². The van der Waals surface area contributed by atoms with E-state index < -0.39 is 0 Å². The van der Waals surface area contributed by atoms with Crippen LogP contribution >= 0.6 is 0 Å². The molecule has 1 unspecified atom stereocenters. The third-order valence-electron chi connectivity index (χ3n) is 2.79. The molecule has 0 bridgehead atoms. The van der Waals surface area contributed by atoms with Crippen LogP contribution in [0.4, 0.5) is 0 Å². The van der Waals surface area contributed by atoms with Gasteiger partial charge in [-0.1, -0.05) is 6.92 Å². The maximum Gasteiger partial charge on any atom is 0.157 e. The molecule has 0 spiro atoms. The summed E-state index contributed by atoms with van der Waals surface area (Å²) in [7, 11) is 1.88. The molecule has 16 heavy (non-hydrogen) atoms. The van der Waals surface area contributed by atoms with Gasteiger partial charge in [-0.25, -0.2) is 0 Å². The molecule has 1 aliphatic heterocycles. The average molecular weight is 225 g/mol. The van der Waals surface area contributed by atoms with E-state index in [2.05, 4.69) is 16.9 Å². The third-order valence-corrected chi connectivity index (χ3v) is 2.79. The van der Waals surface area contributed by atoms with E-state index in [1.165, 1.54) is 0 Å². The number of hydrogen-bond donors (Lipinski definition) is 0. The van der Waals surface area contributed by atoms with Gasteiger partial charge in [0.2, 0.25) is 0 Å². The van der Waals surface area contributed by atoms with Crippen LogP contribution in [0.3, 0.4) is 0 Å². The zero-order chi connectivity index (χ0) is 11.4. The lowest BCUT2D eigenvalue weighted by Crippen LogP contribution is -2.44. The van der Waals surface area contributed by atoms with Crippen molar-refractivity contribution in [2.75, 3.05) is 32.8 Å². The molecule has 90 valence electrons. The predicted octanol–water partition coefficient (Wildman–Crippen LogP) is 0.520. The van der Waals surface area contributed by atoms with Crippen LogP contribution in [0.5, 0.6) is 5.75 Å². The molecular weight excluding hydrogens is 206 g/mol. The fraction of sp³-hybridized carbons (Fsp3) is 0.727. The molecule has 1 aliphatic rings. The maximum atomic E-state index is 5.64. The van der Waals surface area contributed by atoms with Gasteiger partial charge in [-0.15, -0.1) is 0 Å². The Kier molecular flexibility index (Phi) is 3.79. The van der Waals surface area contributed by atoms with Crippen molar-refractivity contribution in [1.29, 1.82) is 0 Å². The molecule has 1 fully saturated rings. The predicted molar refractivity (Wildman–Crippen MR) is 60.6 cm³/mol. The zero-order valence-corrected chi connectivity index (χ0v) is 9.93. The van der Waals surface area contributed by atoms with E-state index >= 15 is 0 Å². The first-order chi connectivity index (χ1) is 7.78. The molecular formula is C11H19N3O2. The molecule has 0 aliphatic carbocycles. The van der Waals surface area contributed by atoms with Crippen LogP contribution in [0.1, 0.15) is 6.92 Å². The summed E-state index contributed by atoms with van der Waals surface area (Å²) >= 11 is 0. The van der Waals surface area contributed by atoms with Crippen molar-refractivity contribution in [3.63, 3.8) is 0 Å². The van der Waals surface area contributed by atoms with E-state index in [9.17, 15) is 0 Å². The molecule has 2 rings (SSSR count). The molecule has 5 heteroatoms. The Morgan fingerprint density at radius 2 is 2.50 bits per heavy atom. The van der Waals surface area contributed by atoms with Crippen LogP contribution in [0, 0.1) is 0 Å². The third kappa shape index (κ3) is 2.96. The average Bonchev–Trinajstić information content (AvgIpc) is 2.73. The lowest BCUT2D eigenvalue weighted by molar-refractivity contribution is -0.0464. The summed E-state index contributed by atoms with van der Waals surface area (Å²) < 4.78 is 13.0. The number of nitrogens with zero attached hydrogens (tertiary/aromatic N) is 3. The molecule has 1 saturated heterocycles. The van der Waals surface area contributed by atoms with Gasteiger partial charge in [-0.05, 0) is 6.54 Å². The minimum absolute atomic E-state index is 0.175. The van der Waals surface area contributed by atoms with Crippen LogP contribution in [0.15, 0.2) is 12.4 Å². The van der Waals surface area contributed by atoms with Crippen LogP contribution in [-0.4, -0.2) is 53.6 Å². The standard InChI is InChI=1S/C11H19N3O2/c1-3-14-4-5-15-11(8-14)9-16-10-6-12-13(2)7-10/h6-7,11H,3-5,8-9H2,1-2H3. The minimum atomic E-state index is 0.175.